The van der Waals surface area contributed by atoms with Gasteiger partial charge >= 0.3 is 0 Å². The quantitative estimate of drug-likeness (QED) is 0.842. The molecule has 5 heteroatoms. The zero-order valence-electron chi connectivity index (χ0n) is 12.1. The SMILES string of the molecule is CCC(C)(CN)C(=O)N(Cc1nccn1C)C1CC1. The molecule has 1 aromatic rings. The van der Waals surface area contributed by atoms with E-state index in [1.165, 1.54) is 0 Å². The fraction of sp³-hybridized carbons (Fsp3) is 0.714. The van der Waals surface area contributed by atoms with E-state index >= 15 is 0 Å². The molecule has 1 atom stereocenters. The van der Waals surface area contributed by atoms with Crippen LogP contribution in [0.25, 0.3) is 0 Å². The summed E-state index contributed by atoms with van der Waals surface area (Å²) in [6.07, 6.45) is 6.65. The second-order valence-electron chi connectivity index (χ2n) is 5.74. The van der Waals surface area contributed by atoms with Crippen LogP contribution in [-0.4, -0.2) is 32.9 Å². The normalized spacial score (nSPS) is 18.1. The summed E-state index contributed by atoms with van der Waals surface area (Å²) in [5, 5.41) is 0. The summed E-state index contributed by atoms with van der Waals surface area (Å²) in [6, 6.07) is 0.377. The van der Waals surface area contributed by atoms with Crippen molar-refractivity contribution in [3.8, 4) is 0 Å². The Kier molecular flexibility index (Phi) is 3.94. The molecule has 1 aliphatic rings. The Morgan fingerprint density at radius 2 is 2.32 bits per heavy atom. The molecule has 1 amide bonds. The molecule has 1 unspecified atom stereocenters. The summed E-state index contributed by atoms with van der Waals surface area (Å²) in [7, 11) is 1.96. The number of carbonyl (C=O) groups excluding carboxylic acids is 1. The predicted molar refractivity (Wildman–Crippen MR) is 74.2 cm³/mol. The van der Waals surface area contributed by atoms with E-state index in [0.717, 1.165) is 25.1 Å². The highest BCUT2D eigenvalue weighted by atomic mass is 16.2. The third-order valence-corrected chi connectivity index (χ3v) is 4.23. The highest BCUT2D eigenvalue weighted by Crippen LogP contribution is 2.33. The number of aryl methyl sites for hydroxylation is 1. The zero-order valence-corrected chi connectivity index (χ0v) is 12.1. The fourth-order valence-electron chi connectivity index (χ4n) is 2.18. The molecule has 1 fully saturated rings. The van der Waals surface area contributed by atoms with E-state index in [4.69, 9.17) is 5.73 Å². The van der Waals surface area contributed by atoms with Gasteiger partial charge in [0.1, 0.15) is 5.82 Å². The minimum Gasteiger partial charge on any atom is -0.337 e. The number of aromatic nitrogens is 2. The molecule has 0 aromatic carbocycles. The molecule has 1 saturated carbocycles. The number of hydrogen-bond donors (Lipinski definition) is 1. The Bertz CT molecular complexity index is 446. The molecule has 106 valence electrons. The number of carbonyl (C=O) groups is 1. The van der Waals surface area contributed by atoms with Gasteiger partial charge in [0, 0.05) is 32.0 Å². The molecule has 1 aromatic heterocycles. The molecule has 0 aliphatic heterocycles. The lowest BCUT2D eigenvalue weighted by atomic mass is 9.86. The van der Waals surface area contributed by atoms with E-state index in [2.05, 4.69) is 4.98 Å². The Morgan fingerprint density at radius 1 is 1.63 bits per heavy atom. The van der Waals surface area contributed by atoms with E-state index in [0.29, 0.717) is 19.1 Å². The van der Waals surface area contributed by atoms with Gasteiger partial charge in [0.05, 0.1) is 12.0 Å². The lowest BCUT2D eigenvalue weighted by molar-refractivity contribution is -0.142. The number of nitrogens with zero attached hydrogens (tertiary/aromatic N) is 3. The smallest absolute Gasteiger partial charge is 0.230 e. The van der Waals surface area contributed by atoms with Crippen LogP contribution in [0.1, 0.15) is 38.9 Å². The van der Waals surface area contributed by atoms with Gasteiger partial charge in [0.15, 0.2) is 0 Å². The first-order chi connectivity index (χ1) is 9.01. The van der Waals surface area contributed by atoms with Crippen LogP contribution in [0.2, 0.25) is 0 Å². The summed E-state index contributed by atoms with van der Waals surface area (Å²) >= 11 is 0. The van der Waals surface area contributed by atoms with Crippen molar-refractivity contribution in [3.63, 3.8) is 0 Å². The van der Waals surface area contributed by atoms with Gasteiger partial charge in [0.25, 0.3) is 0 Å². The zero-order chi connectivity index (χ0) is 14.0. The first kappa shape index (κ1) is 14.1. The average molecular weight is 264 g/mol. The van der Waals surface area contributed by atoms with Gasteiger partial charge in [-0.05, 0) is 26.2 Å². The van der Waals surface area contributed by atoms with Crippen LogP contribution in [-0.2, 0) is 18.4 Å². The summed E-state index contributed by atoms with van der Waals surface area (Å²) in [5.74, 6) is 1.10. The topological polar surface area (TPSA) is 64.2 Å². The van der Waals surface area contributed by atoms with E-state index in [9.17, 15) is 4.79 Å². The van der Waals surface area contributed by atoms with Crippen molar-refractivity contribution in [2.75, 3.05) is 6.54 Å². The third kappa shape index (κ3) is 2.81. The van der Waals surface area contributed by atoms with Crippen molar-refractivity contribution >= 4 is 5.91 Å². The molecule has 0 radical (unpaired) electrons. The van der Waals surface area contributed by atoms with Gasteiger partial charge in [-0.2, -0.15) is 0 Å². The Labute approximate surface area is 114 Å². The lowest BCUT2D eigenvalue weighted by Crippen LogP contribution is -2.47. The van der Waals surface area contributed by atoms with Crippen molar-refractivity contribution in [2.24, 2.45) is 18.2 Å². The minimum atomic E-state index is -0.451. The van der Waals surface area contributed by atoms with Crippen molar-refractivity contribution in [2.45, 2.75) is 45.7 Å². The van der Waals surface area contributed by atoms with Crippen LogP contribution in [0.15, 0.2) is 12.4 Å². The van der Waals surface area contributed by atoms with E-state index in [1.54, 1.807) is 6.20 Å². The van der Waals surface area contributed by atoms with E-state index in [-0.39, 0.29) is 5.91 Å². The molecule has 5 nitrogen and oxygen atoms in total. The van der Waals surface area contributed by atoms with Crippen LogP contribution in [0.4, 0.5) is 0 Å². The van der Waals surface area contributed by atoms with Crippen molar-refractivity contribution in [1.82, 2.24) is 14.5 Å². The molecule has 0 spiro atoms. The second-order valence-corrected chi connectivity index (χ2v) is 5.74. The molecule has 1 aliphatic carbocycles. The van der Waals surface area contributed by atoms with Crippen LogP contribution in [0, 0.1) is 5.41 Å². The van der Waals surface area contributed by atoms with E-state index in [1.807, 2.05) is 36.6 Å². The molecule has 1 heterocycles. The summed E-state index contributed by atoms with van der Waals surface area (Å²) in [4.78, 5) is 19.0. The van der Waals surface area contributed by atoms with Crippen LogP contribution < -0.4 is 5.73 Å². The molecule has 2 rings (SSSR count). The van der Waals surface area contributed by atoms with Gasteiger partial charge < -0.3 is 15.2 Å². The molecule has 0 saturated heterocycles. The number of amides is 1. The monoisotopic (exact) mass is 264 g/mol. The second kappa shape index (κ2) is 5.33. The Morgan fingerprint density at radius 3 is 2.74 bits per heavy atom. The number of hydrogen-bond acceptors (Lipinski definition) is 3. The van der Waals surface area contributed by atoms with Crippen LogP contribution in [0.5, 0.6) is 0 Å². The van der Waals surface area contributed by atoms with Gasteiger partial charge in [0.2, 0.25) is 5.91 Å². The third-order valence-electron chi connectivity index (χ3n) is 4.23. The molecule has 0 bridgehead atoms. The number of imidazole rings is 1. The van der Waals surface area contributed by atoms with Crippen LogP contribution >= 0.6 is 0 Å². The Hall–Kier alpha value is -1.36. The standard InChI is InChI=1S/C14H24N4O/c1-4-14(2,10-15)13(19)18(11-5-6-11)9-12-16-7-8-17(12)3/h7-8,11H,4-6,9-10,15H2,1-3H3. The minimum absolute atomic E-state index is 0.169. The number of nitrogens with two attached hydrogens (primary N) is 1. The van der Waals surface area contributed by atoms with Crippen LogP contribution in [0.3, 0.4) is 0 Å². The van der Waals surface area contributed by atoms with Crippen molar-refractivity contribution < 1.29 is 4.79 Å². The van der Waals surface area contributed by atoms with Gasteiger partial charge in [-0.1, -0.05) is 6.92 Å². The van der Waals surface area contributed by atoms with Gasteiger partial charge in [-0.3, -0.25) is 4.79 Å². The van der Waals surface area contributed by atoms with E-state index < -0.39 is 5.41 Å². The fourth-order valence-corrected chi connectivity index (χ4v) is 2.18. The number of rotatable bonds is 6. The van der Waals surface area contributed by atoms with Crippen molar-refractivity contribution in [1.29, 1.82) is 0 Å². The average Bonchev–Trinajstić information content (AvgIpc) is 3.18. The first-order valence-corrected chi connectivity index (χ1v) is 6.99. The molecule has 19 heavy (non-hydrogen) atoms. The maximum Gasteiger partial charge on any atom is 0.230 e. The first-order valence-electron chi connectivity index (χ1n) is 6.99. The molecule has 2 N–H and O–H groups in total. The highest BCUT2D eigenvalue weighted by molar-refractivity contribution is 5.83. The predicted octanol–water partition coefficient (Wildman–Crippen LogP) is 1.29. The largest absolute Gasteiger partial charge is 0.337 e. The maximum absolute atomic E-state index is 12.8. The summed E-state index contributed by atoms with van der Waals surface area (Å²) in [6.45, 7) is 4.97. The molecular weight excluding hydrogens is 240 g/mol. The lowest BCUT2D eigenvalue weighted by Gasteiger charge is -2.33. The Balaban J connectivity index is 2.17. The summed E-state index contributed by atoms with van der Waals surface area (Å²) < 4.78 is 1.97. The highest BCUT2D eigenvalue weighted by Gasteiger charge is 2.40. The van der Waals surface area contributed by atoms with Gasteiger partial charge in [-0.15, -0.1) is 0 Å². The maximum atomic E-state index is 12.8. The summed E-state index contributed by atoms with van der Waals surface area (Å²) in [5.41, 5.74) is 5.36. The molecular formula is C14H24N4O. The van der Waals surface area contributed by atoms with Gasteiger partial charge in [-0.25, -0.2) is 4.98 Å². The van der Waals surface area contributed by atoms with Crippen molar-refractivity contribution in [3.05, 3.63) is 18.2 Å².